The van der Waals surface area contributed by atoms with Crippen LogP contribution in [0.2, 0.25) is 0 Å². The summed E-state index contributed by atoms with van der Waals surface area (Å²) in [7, 11) is -3.51. The summed E-state index contributed by atoms with van der Waals surface area (Å²) in [5.41, 5.74) is 2.31. The highest BCUT2D eigenvalue weighted by Gasteiger charge is 2.33. The molecule has 0 spiro atoms. The number of hydrogen-bond acceptors (Lipinski definition) is 2. The first-order chi connectivity index (χ1) is 11.0. The summed E-state index contributed by atoms with van der Waals surface area (Å²) >= 11 is 0. The minimum Gasteiger partial charge on any atom is -0.207 e. The van der Waals surface area contributed by atoms with Crippen LogP contribution in [0, 0.1) is 0 Å². The molecule has 1 heterocycles. The molecule has 0 bridgehead atoms. The summed E-state index contributed by atoms with van der Waals surface area (Å²) in [6.45, 7) is 11.9. The Morgan fingerprint density at radius 1 is 1.26 bits per heavy atom. The highest BCUT2D eigenvalue weighted by Crippen LogP contribution is 2.28. The second-order valence-electron chi connectivity index (χ2n) is 5.17. The topological polar surface area (TPSA) is 37.4 Å². The highest BCUT2D eigenvalue weighted by atomic mass is 32.2. The van der Waals surface area contributed by atoms with Gasteiger partial charge in [0.1, 0.15) is 0 Å². The molecule has 3 nitrogen and oxygen atoms in total. The third kappa shape index (κ3) is 4.43. The van der Waals surface area contributed by atoms with Crippen LogP contribution in [0.3, 0.4) is 0 Å². The third-order valence-corrected chi connectivity index (χ3v) is 5.72. The lowest BCUT2D eigenvalue weighted by molar-refractivity contribution is 0.312. The first-order valence-electron chi connectivity index (χ1n) is 8.04. The summed E-state index contributed by atoms with van der Waals surface area (Å²) < 4.78 is 27.2. The summed E-state index contributed by atoms with van der Waals surface area (Å²) in [6, 6.07) is 7.95. The van der Waals surface area contributed by atoms with Gasteiger partial charge in [0.2, 0.25) is 10.0 Å². The van der Waals surface area contributed by atoms with E-state index in [9.17, 15) is 8.42 Å². The number of allylic oxidation sites excluding steroid dienone is 4. The molecule has 0 saturated heterocycles. The summed E-state index contributed by atoms with van der Waals surface area (Å²) in [5.74, 6) is 0. The van der Waals surface area contributed by atoms with Crippen LogP contribution in [-0.2, 0) is 23.0 Å². The standard InChI is InChI=1S/C17H21NO2S.C2H6/c1-4-6-11-17(5-2)21(19,20)18-13-16-10-8-7-9-15(16)12-14(18)3;1-2/h4-11,14H,2,12-13H2,1,3H3;1-2H3/b6-4-,17-11+;. The molecule has 1 atom stereocenters. The van der Waals surface area contributed by atoms with Crippen molar-refractivity contribution < 1.29 is 8.42 Å². The lowest BCUT2D eigenvalue weighted by Gasteiger charge is -2.34. The van der Waals surface area contributed by atoms with E-state index in [0.29, 0.717) is 6.54 Å². The minimum atomic E-state index is -3.51. The number of nitrogens with zero attached hydrogens (tertiary/aromatic N) is 1. The zero-order valence-electron chi connectivity index (χ0n) is 14.5. The fraction of sp³-hybridized carbons (Fsp3) is 0.368. The number of hydrogen-bond donors (Lipinski definition) is 0. The smallest absolute Gasteiger partial charge is 0.207 e. The summed E-state index contributed by atoms with van der Waals surface area (Å²) in [6.07, 6.45) is 7.26. The third-order valence-electron chi connectivity index (χ3n) is 3.71. The second-order valence-corrected chi connectivity index (χ2v) is 7.06. The number of sulfonamides is 1. The van der Waals surface area contributed by atoms with E-state index >= 15 is 0 Å². The molecule has 1 aliphatic heterocycles. The van der Waals surface area contributed by atoms with Gasteiger partial charge in [-0.3, -0.25) is 0 Å². The van der Waals surface area contributed by atoms with Crippen LogP contribution in [0.1, 0.15) is 38.8 Å². The van der Waals surface area contributed by atoms with Gasteiger partial charge in [-0.05, 0) is 43.5 Å². The molecule has 0 amide bonds. The van der Waals surface area contributed by atoms with Crippen molar-refractivity contribution in [1.29, 1.82) is 0 Å². The van der Waals surface area contributed by atoms with Crippen molar-refractivity contribution in [3.8, 4) is 0 Å². The normalized spacial score (nSPS) is 19.0. The van der Waals surface area contributed by atoms with Crippen molar-refractivity contribution in [2.45, 2.75) is 46.7 Å². The van der Waals surface area contributed by atoms with Crippen LogP contribution in [0.15, 0.2) is 60.1 Å². The van der Waals surface area contributed by atoms with Crippen molar-refractivity contribution in [1.82, 2.24) is 4.31 Å². The molecule has 0 radical (unpaired) electrons. The number of fused-ring (bicyclic) bond motifs is 1. The van der Waals surface area contributed by atoms with Crippen LogP contribution >= 0.6 is 0 Å². The molecule has 1 aliphatic rings. The molecule has 0 aliphatic carbocycles. The van der Waals surface area contributed by atoms with E-state index in [1.807, 2.05) is 45.9 Å². The monoisotopic (exact) mass is 333 g/mol. The van der Waals surface area contributed by atoms with Crippen molar-refractivity contribution >= 4 is 10.0 Å². The second kappa shape index (κ2) is 8.85. The van der Waals surface area contributed by atoms with Crippen molar-refractivity contribution in [2.75, 3.05) is 0 Å². The predicted molar refractivity (Wildman–Crippen MR) is 98.5 cm³/mol. The average molecular weight is 333 g/mol. The van der Waals surface area contributed by atoms with Crippen LogP contribution in [-0.4, -0.2) is 18.8 Å². The maximum Gasteiger partial charge on any atom is 0.243 e. The maximum absolute atomic E-state index is 12.8. The van der Waals surface area contributed by atoms with Gasteiger partial charge in [0, 0.05) is 12.6 Å². The Morgan fingerprint density at radius 2 is 1.87 bits per heavy atom. The van der Waals surface area contributed by atoms with Crippen LogP contribution < -0.4 is 0 Å². The lowest BCUT2D eigenvalue weighted by atomic mass is 9.97. The molecule has 4 heteroatoms. The van der Waals surface area contributed by atoms with Gasteiger partial charge in [0.25, 0.3) is 0 Å². The van der Waals surface area contributed by atoms with Gasteiger partial charge < -0.3 is 0 Å². The average Bonchev–Trinajstić information content (AvgIpc) is 2.56. The van der Waals surface area contributed by atoms with E-state index in [4.69, 9.17) is 0 Å². The van der Waals surface area contributed by atoms with Gasteiger partial charge in [0.05, 0.1) is 4.91 Å². The lowest BCUT2D eigenvalue weighted by Crippen LogP contribution is -2.42. The fourth-order valence-corrected chi connectivity index (χ4v) is 4.15. The van der Waals surface area contributed by atoms with E-state index in [2.05, 4.69) is 12.6 Å². The molecule has 2 rings (SSSR count). The highest BCUT2D eigenvalue weighted by molar-refractivity contribution is 7.93. The van der Waals surface area contributed by atoms with Gasteiger partial charge in [-0.1, -0.05) is 56.8 Å². The summed E-state index contributed by atoms with van der Waals surface area (Å²) in [5, 5.41) is 0. The molecule has 1 aromatic rings. The van der Waals surface area contributed by atoms with Gasteiger partial charge in [-0.15, -0.1) is 0 Å². The molecule has 0 saturated carbocycles. The van der Waals surface area contributed by atoms with Gasteiger partial charge >= 0.3 is 0 Å². The Balaban J connectivity index is 0.00000127. The van der Waals surface area contributed by atoms with Gasteiger partial charge in [-0.25, -0.2) is 8.42 Å². The number of benzene rings is 1. The molecule has 23 heavy (non-hydrogen) atoms. The van der Waals surface area contributed by atoms with Crippen LogP contribution in [0.4, 0.5) is 0 Å². The van der Waals surface area contributed by atoms with E-state index < -0.39 is 10.0 Å². The minimum absolute atomic E-state index is 0.0566. The van der Waals surface area contributed by atoms with E-state index in [1.165, 1.54) is 11.6 Å². The van der Waals surface area contributed by atoms with E-state index in [0.717, 1.165) is 12.0 Å². The molecule has 1 unspecified atom stereocenters. The Morgan fingerprint density at radius 3 is 2.43 bits per heavy atom. The quantitative estimate of drug-likeness (QED) is 0.764. The van der Waals surface area contributed by atoms with Crippen molar-refractivity contribution in [3.05, 3.63) is 71.2 Å². The maximum atomic E-state index is 12.8. The molecule has 0 fully saturated rings. The molecule has 126 valence electrons. The Bertz CT molecular complexity index is 687. The summed E-state index contributed by atoms with van der Waals surface area (Å²) in [4.78, 5) is 0.242. The molecule has 0 aromatic heterocycles. The van der Waals surface area contributed by atoms with Gasteiger partial charge in [0.15, 0.2) is 0 Å². The number of rotatable bonds is 4. The van der Waals surface area contributed by atoms with Crippen molar-refractivity contribution in [2.24, 2.45) is 0 Å². The van der Waals surface area contributed by atoms with E-state index in [1.54, 1.807) is 22.5 Å². The molecule has 1 aromatic carbocycles. The Hall–Kier alpha value is -1.65. The fourth-order valence-electron chi connectivity index (χ4n) is 2.56. The molecular weight excluding hydrogens is 306 g/mol. The SMILES string of the molecule is C=C/C(=C\C=C/C)S(=O)(=O)N1Cc2ccccc2CC1C.CC. The molecular formula is C19H27NO2S. The van der Waals surface area contributed by atoms with Crippen molar-refractivity contribution in [3.63, 3.8) is 0 Å². The largest absolute Gasteiger partial charge is 0.243 e. The predicted octanol–water partition coefficient (Wildman–Crippen LogP) is 4.44. The van der Waals surface area contributed by atoms with Crippen LogP contribution in [0.5, 0.6) is 0 Å². The molecule has 0 N–H and O–H groups in total. The van der Waals surface area contributed by atoms with Gasteiger partial charge in [-0.2, -0.15) is 4.31 Å². The Kier molecular flexibility index (Phi) is 7.46. The Labute approximate surface area is 141 Å². The zero-order valence-corrected chi connectivity index (χ0v) is 15.3. The zero-order chi connectivity index (χ0) is 17.5. The first-order valence-corrected chi connectivity index (χ1v) is 9.48. The van der Waals surface area contributed by atoms with Crippen LogP contribution in [0.25, 0.3) is 0 Å². The first kappa shape index (κ1) is 19.4. The van der Waals surface area contributed by atoms with E-state index in [-0.39, 0.29) is 10.9 Å².